The van der Waals surface area contributed by atoms with E-state index in [2.05, 4.69) is 20.5 Å². The Morgan fingerprint density at radius 2 is 2.10 bits per heavy atom. The number of rotatable bonds is 5. The number of hydrogen-bond donors (Lipinski definition) is 2. The van der Waals surface area contributed by atoms with Crippen molar-refractivity contribution in [2.75, 3.05) is 37.9 Å². The molecule has 0 bridgehead atoms. The minimum absolute atomic E-state index is 0.0735. The summed E-state index contributed by atoms with van der Waals surface area (Å²) in [5.74, 6) is -0.513. The number of anilines is 2. The molecule has 1 aromatic heterocycles. The summed E-state index contributed by atoms with van der Waals surface area (Å²) in [7, 11) is 3.09. The molecule has 2 aromatic rings. The second-order valence-electron chi connectivity index (χ2n) is 7.34. The van der Waals surface area contributed by atoms with Crippen LogP contribution < -0.4 is 10.6 Å². The molecule has 0 aliphatic carbocycles. The molecule has 0 spiro atoms. The average molecular weight is 415 g/mol. The Morgan fingerprint density at radius 3 is 2.80 bits per heavy atom. The molecule has 3 rings (SSSR count). The van der Waals surface area contributed by atoms with Crippen LogP contribution in [-0.4, -0.2) is 60.2 Å². The second kappa shape index (κ2) is 9.53. The summed E-state index contributed by atoms with van der Waals surface area (Å²) in [4.78, 5) is 31.8. The topological polar surface area (TPSA) is 86.8 Å². The van der Waals surface area contributed by atoms with Gasteiger partial charge >= 0.3 is 12.1 Å². The van der Waals surface area contributed by atoms with E-state index in [4.69, 9.17) is 4.74 Å². The summed E-state index contributed by atoms with van der Waals surface area (Å²) in [6.45, 7) is 3.95. The Labute approximate surface area is 175 Å². The van der Waals surface area contributed by atoms with E-state index >= 15 is 0 Å². The van der Waals surface area contributed by atoms with E-state index in [0.29, 0.717) is 18.8 Å². The number of likely N-dealkylation sites (N-methyl/N-ethyl adjacent to an activating group) is 1. The summed E-state index contributed by atoms with van der Waals surface area (Å²) in [5, 5.41) is 5.18. The zero-order valence-electron chi connectivity index (χ0n) is 17.3. The lowest BCUT2D eigenvalue weighted by atomic mass is 10.2. The number of likely N-dealkylation sites (tertiary alicyclic amines) is 1. The van der Waals surface area contributed by atoms with Crippen molar-refractivity contribution in [3.63, 3.8) is 0 Å². The van der Waals surface area contributed by atoms with Crippen LogP contribution in [0.2, 0.25) is 0 Å². The van der Waals surface area contributed by atoms with Crippen LogP contribution in [0, 0.1) is 12.7 Å². The molecule has 1 saturated heterocycles. The Bertz CT molecular complexity index is 906. The number of amides is 3. The first kappa shape index (κ1) is 21.5. The largest absolute Gasteiger partial charge is 0.453 e. The van der Waals surface area contributed by atoms with Crippen LogP contribution in [-0.2, 0) is 11.3 Å². The predicted molar refractivity (Wildman–Crippen MR) is 112 cm³/mol. The van der Waals surface area contributed by atoms with Gasteiger partial charge in [0.1, 0.15) is 5.82 Å². The third kappa shape index (κ3) is 5.44. The maximum absolute atomic E-state index is 14.2. The molecular formula is C21H26FN5O3. The summed E-state index contributed by atoms with van der Waals surface area (Å²) in [6.07, 6.45) is 2.02. The van der Waals surface area contributed by atoms with Gasteiger partial charge in [0.2, 0.25) is 0 Å². The quantitative estimate of drug-likeness (QED) is 0.781. The first-order valence-electron chi connectivity index (χ1n) is 9.68. The number of aromatic nitrogens is 1. The molecule has 1 fully saturated rings. The molecule has 2 heterocycles. The van der Waals surface area contributed by atoms with Crippen LogP contribution in [0.1, 0.15) is 17.7 Å². The minimum atomic E-state index is -0.544. The van der Waals surface area contributed by atoms with Gasteiger partial charge in [0.05, 0.1) is 24.7 Å². The van der Waals surface area contributed by atoms with Gasteiger partial charge in [-0.3, -0.25) is 9.88 Å². The highest BCUT2D eigenvalue weighted by molar-refractivity contribution is 5.99. The van der Waals surface area contributed by atoms with Crippen LogP contribution in [0.25, 0.3) is 0 Å². The van der Waals surface area contributed by atoms with Crippen LogP contribution in [0.4, 0.5) is 25.4 Å². The summed E-state index contributed by atoms with van der Waals surface area (Å²) >= 11 is 0. The first-order chi connectivity index (χ1) is 14.4. The van der Waals surface area contributed by atoms with Gasteiger partial charge < -0.3 is 20.3 Å². The lowest BCUT2D eigenvalue weighted by molar-refractivity contribution is 0.118. The normalized spacial score (nSPS) is 16.2. The number of methoxy groups -OCH3 is 1. The fourth-order valence-corrected chi connectivity index (χ4v) is 3.42. The van der Waals surface area contributed by atoms with E-state index in [1.807, 2.05) is 6.92 Å². The van der Waals surface area contributed by atoms with Gasteiger partial charge in [-0.25, -0.2) is 14.0 Å². The highest BCUT2D eigenvalue weighted by Gasteiger charge is 2.28. The molecule has 0 radical (unpaired) electrons. The van der Waals surface area contributed by atoms with E-state index in [0.717, 1.165) is 24.2 Å². The number of ether oxygens (including phenoxy) is 1. The second-order valence-corrected chi connectivity index (χ2v) is 7.34. The number of hydrogen-bond acceptors (Lipinski definition) is 5. The van der Waals surface area contributed by atoms with Crippen molar-refractivity contribution in [1.29, 1.82) is 0 Å². The fourth-order valence-electron chi connectivity index (χ4n) is 3.42. The molecule has 3 amide bonds. The molecule has 160 valence electrons. The molecule has 9 heteroatoms. The number of pyridine rings is 1. The molecule has 1 aliphatic rings. The van der Waals surface area contributed by atoms with Crippen molar-refractivity contribution < 1.29 is 18.7 Å². The van der Waals surface area contributed by atoms with Gasteiger partial charge in [0.25, 0.3) is 0 Å². The zero-order valence-corrected chi connectivity index (χ0v) is 17.3. The average Bonchev–Trinajstić information content (AvgIpc) is 3.19. The van der Waals surface area contributed by atoms with E-state index in [1.54, 1.807) is 36.2 Å². The molecule has 0 saturated carbocycles. The third-order valence-electron chi connectivity index (χ3n) is 5.11. The van der Waals surface area contributed by atoms with Crippen LogP contribution in [0.5, 0.6) is 0 Å². The number of carbonyl (C=O) groups excluding carboxylic acids is 2. The van der Waals surface area contributed by atoms with E-state index < -0.39 is 11.8 Å². The van der Waals surface area contributed by atoms with Gasteiger partial charge in [-0.15, -0.1) is 0 Å². The smallest absolute Gasteiger partial charge is 0.409 e. The number of benzene rings is 1. The molecule has 1 atom stereocenters. The highest BCUT2D eigenvalue weighted by Crippen LogP contribution is 2.21. The van der Waals surface area contributed by atoms with Crippen molar-refractivity contribution in [2.45, 2.75) is 25.9 Å². The van der Waals surface area contributed by atoms with E-state index in [-0.39, 0.29) is 17.8 Å². The number of urea groups is 1. The summed E-state index contributed by atoms with van der Waals surface area (Å²) in [5.41, 5.74) is 2.33. The standard InChI is InChI=1S/C21H26FN5O3/c1-14-4-6-16(11-23-14)24-20(28)25-19-10-15(5-7-18(19)22)12-27-9-8-17(13-27)26(2)21(29)30-3/h4-7,10-11,17H,8-9,12-13H2,1-3H3,(H2,24,25,28)/t17-/m0/s1. The SMILES string of the molecule is COC(=O)N(C)[C@H]1CCN(Cc2ccc(F)c(NC(=O)Nc3ccc(C)nc3)c2)C1. The summed E-state index contributed by atoms with van der Waals surface area (Å²) in [6, 6.07) is 7.69. The maximum Gasteiger partial charge on any atom is 0.409 e. The van der Waals surface area contributed by atoms with E-state index in [9.17, 15) is 14.0 Å². The number of aryl methyl sites for hydroxylation is 1. The molecule has 30 heavy (non-hydrogen) atoms. The number of carbonyl (C=O) groups is 2. The molecule has 1 aliphatic heterocycles. The predicted octanol–water partition coefficient (Wildman–Crippen LogP) is 3.45. The zero-order chi connectivity index (χ0) is 21.7. The van der Waals surface area contributed by atoms with Gasteiger partial charge in [0, 0.05) is 38.4 Å². The van der Waals surface area contributed by atoms with Crippen LogP contribution in [0.15, 0.2) is 36.5 Å². The molecule has 8 nitrogen and oxygen atoms in total. The fraction of sp³-hybridized carbons (Fsp3) is 0.381. The lowest BCUT2D eigenvalue weighted by Gasteiger charge is -2.23. The number of nitrogens with zero attached hydrogens (tertiary/aromatic N) is 3. The van der Waals surface area contributed by atoms with Gasteiger partial charge in [-0.05, 0) is 43.2 Å². The molecule has 0 unspecified atom stereocenters. The van der Waals surface area contributed by atoms with E-state index in [1.165, 1.54) is 19.4 Å². The van der Waals surface area contributed by atoms with Gasteiger partial charge in [-0.2, -0.15) is 0 Å². The highest BCUT2D eigenvalue weighted by atomic mass is 19.1. The lowest BCUT2D eigenvalue weighted by Crippen LogP contribution is -2.38. The van der Waals surface area contributed by atoms with Crippen molar-refractivity contribution in [2.24, 2.45) is 0 Å². The number of halogens is 1. The first-order valence-corrected chi connectivity index (χ1v) is 9.68. The van der Waals surface area contributed by atoms with Crippen LogP contribution >= 0.6 is 0 Å². The van der Waals surface area contributed by atoms with Gasteiger partial charge in [0.15, 0.2) is 0 Å². The van der Waals surface area contributed by atoms with Crippen molar-refractivity contribution >= 4 is 23.5 Å². The third-order valence-corrected chi connectivity index (χ3v) is 5.11. The Kier molecular flexibility index (Phi) is 6.83. The Balaban J connectivity index is 1.59. The molecule has 2 N–H and O–H groups in total. The van der Waals surface area contributed by atoms with Crippen molar-refractivity contribution in [3.05, 3.63) is 53.6 Å². The monoisotopic (exact) mass is 415 g/mol. The molecular weight excluding hydrogens is 389 g/mol. The Hall–Kier alpha value is -3.20. The minimum Gasteiger partial charge on any atom is -0.453 e. The maximum atomic E-state index is 14.2. The number of nitrogens with one attached hydrogen (secondary N) is 2. The molecule has 1 aromatic carbocycles. The van der Waals surface area contributed by atoms with Gasteiger partial charge in [-0.1, -0.05) is 6.07 Å². The summed E-state index contributed by atoms with van der Waals surface area (Å²) < 4.78 is 19.0. The Morgan fingerprint density at radius 1 is 1.30 bits per heavy atom. The van der Waals surface area contributed by atoms with Crippen molar-refractivity contribution in [1.82, 2.24) is 14.8 Å². The van der Waals surface area contributed by atoms with Crippen LogP contribution in [0.3, 0.4) is 0 Å². The van der Waals surface area contributed by atoms with Crippen molar-refractivity contribution in [3.8, 4) is 0 Å².